The van der Waals surface area contributed by atoms with Crippen molar-refractivity contribution < 1.29 is 18.6 Å². The van der Waals surface area contributed by atoms with Crippen molar-refractivity contribution in [1.82, 2.24) is 0 Å². The van der Waals surface area contributed by atoms with Gasteiger partial charge in [0.15, 0.2) is 17.4 Å². The van der Waals surface area contributed by atoms with Gasteiger partial charge in [0.2, 0.25) is 0 Å². The third-order valence-electron chi connectivity index (χ3n) is 1.83. The molecule has 1 unspecified atom stereocenters. The van der Waals surface area contributed by atoms with Gasteiger partial charge < -0.3 is 15.6 Å². The lowest BCUT2D eigenvalue weighted by Crippen LogP contribution is -2.46. The van der Waals surface area contributed by atoms with Gasteiger partial charge in [-0.2, -0.15) is 0 Å². The van der Waals surface area contributed by atoms with Gasteiger partial charge in [-0.05, 0) is 19.1 Å². The van der Waals surface area contributed by atoms with E-state index >= 15 is 0 Å². The molecule has 0 spiro atoms. The quantitative estimate of drug-likeness (QED) is 0.792. The molecule has 1 rings (SSSR count). The van der Waals surface area contributed by atoms with Gasteiger partial charge in [0.05, 0.1) is 12.1 Å². The van der Waals surface area contributed by atoms with E-state index in [0.717, 1.165) is 12.1 Å². The smallest absolute Gasteiger partial charge is 0.190 e. The van der Waals surface area contributed by atoms with E-state index in [2.05, 4.69) is 0 Å². The Bertz CT molecular complexity index is 322. The Morgan fingerprint density at radius 2 is 1.93 bits per heavy atom. The topological polar surface area (TPSA) is 55.5 Å². The Kier molecular flexibility index (Phi) is 3.60. The summed E-state index contributed by atoms with van der Waals surface area (Å²) in [7, 11) is 0. The number of ether oxygens (including phenoxy) is 1. The fraction of sp³-hybridized carbons (Fsp3) is 0.400. The molecule has 1 aromatic rings. The normalized spacial score (nSPS) is 14.7. The molecule has 0 aliphatic rings. The van der Waals surface area contributed by atoms with Crippen LogP contribution in [0.15, 0.2) is 18.2 Å². The summed E-state index contributed by atoms with van der Waals surface area (Å²) in [6.07, 6.45) is 0. The largest absolute Gasteiger partial charge is 0.486 e. The van der Waals surface area contributed by atoms with Crippen molar-refractivity contribution in [2.24, 2.45) is 5.73 Å². The molecule has 0 heterocycles. The van der Waals surface area contributed by atoms with E-state index in [1.807, 2.05) is 0 Å². The number of halogens is 2. The van der Waals surface area contributed by atoms with Gasteiger partial charge in [-0.3, -0.25) is 0 Å². The van der Waals surface area contributed by atoms with Crippen molar-refractivity contribution in [1.29, 1.82) is 0 Å². The number of para-hydroxylation sites is 1. The van der Waals surface area contributed by atoms with Gasteiger partial charge in [-0.15, -0.1) is 0 Å². The van der Waals surface area contributed by atoms with Gasteiger partial charge in [0.25, 0.3) is 0 Å². The molecule has 0 amide bonds. The van der Waals surface area contributed by atoms with Crippen molar-refractivity contribution in [3.05, 3.63) is 29.8 Å². The van der Waals surface area contributed by atoms with Crippen LogP contribution in [0.5, 0.6) is 5.75 Å². The average Bonchev–Trinajstić information content (AvgIpc) is 2.17. The maximum absolute atomic E-state index is 13.1. The minimum atomic E-state index is -1.02. The summed E-state index contributed by atoms with van der Waals surface area (Å²) in [5.74, 6) is -2.05. The van der Waals surface area contributed by atoms with Crippen molar-refractivity contribution in [2.75, 3.05) is 13.2 Å². The molecule has 15 heavy (non-hydrogen) atoms. The number of benzene rings is 1. The van der Waals surface area contributed by atoms with Crippen LogP contribution in [-0.2, 0) is 0 Å². The molecule has 5 heteroatoms. The molecule has 1 atom stereocenters. The van der Waals surface area contributed by atoms with Crippen molar-refractivity contribution in [2.45, 2.75) is 12.5 Å². The van der Waals surface area contributed by atoms with Crippen LogP contribution in [0.3, 0.4) is 0 Å². The molecule has 3 nitrogen and oxygen atoms in total. The molecule has 0 saturated heterocycles. The monoisotopic (exact) mass is 217 g/mol. The summed E-state index contributed by atoms with van der Waals surface area (Å²) in [6, 6.07) is 3.42. The summed E-state index contributed by atoms with van der Waals surface area (Å²) >= 11 is 0. The van der Waals surface area contributed by atoms with Gasteiger partial charge in [-0.25, -0.2) is 8.78 Å². The highest BCUT2D eigenvalue weighted by atomic mass is 19.1. The molecule has 0 aliphatic heterocycles. The zero-order valence-corrected chi connectivity index (χ0v) is 8.34. The third kappa shape index (κ3) is 3.14. The van der Waals surface area contributed by atoms with E-state index in [0.29, 0.717) is 0 Å². The third-order valence-corrected chi connectivity index (χ3v) is 1.83. The Morgan fingerprint density at radius 3 is 2.40 bits per heavy atom. The Labute approximate surface area is 86.5 Å². The van der Waals surface area contributed by atoms with Gasteiger partial charge in [-0.1, -0.05) is 6.07 Å². The number of aliphatic hydroxyl groups is 1. The van der Waals surface area contributed by atoms with Crippen molar-refractivity contribution in [3.63, 3.8) is 0 Å². The van der Waals surface area contributed by atoms with Gasteiger partial charge in [0, 0.05) is 0 Å². The molecule has 84 valence electrons. The van der Waals surface area contributed by atoms with Crippen LogP contribution in [0, 0.1) is 11.6 Å². The van der Waals surface area contributed by atoms with Crippen LogP contribution in [0.25, 0.3) is 0 Å². The van der Waals surface area contributed by atoms with Crippen molar-refractivity contribution >= 4 is 0 Å². The maximum atomic E-state index is 13.1. The average molecular weight is 217 g/mol. The number of rotatable bonds is 4. The molecule has 0 saturated carbocycles. The second-order valence-corrected chi connectivity index (χ2v) is 3.65. The highest BCUT2D eigenvalue weighted by Crippen LogP contribution is 2.21. The van der Waals surface area contributed by atoms with E-state index in [-0.39, 0.29) is 13.2 Å². The minimum absolute atomic E-state index is 0.165. The number of hydrogen-bond donors (Lipinski definition) is 2. The lowest BCUT2D eigenvalue weighted by Gasteiger charge is -2.22. The number of nitrogens with two attached hydrogens (primary N) is 1. The molecule has 0 bridgehead atoms. The predicted molar refractivity (Wildman–Crippen MR) is 51.5 cm³/mol. The molecule has 0 aromatic heterocycles. The van der Waals surface area contributed by atoms with E-state index in [9.17, 15) is 8.78 Å². The molecular formula is C10H13F2NO2. The van der Waals surface area contributed by atoms with Crippen LogP contribution in [0.2, 0.25) is 0 Å². The first-order valence-electron chi connectivity index (χ1n) is 4.43. The zero-order chi connectivity index (χ0) is 11.5. The van der Waals surface area contributed by atoms with Crippen molar-refractivity contribution in [3.8, 4) is 5.75 Å². The lowest BCUT2D eigenvalue weighted by atomic mass is 10.1. The van der Waals surface area contributed by atoms with Crippen LogP contribution >= 0.6 is 0 Å². The Hall–Kier alpha value is -1.20. The number of aliphatic hydroxyl groups excluding tert-OH is 1. The number of hydrogen-bond acceptors (Lipinski definition) is 3. The molecule has 1 aromatic carbocycles. The van der Waals surface area contributed by atoms with Crippen LogP contribution < -0.4 is 10.5 Å². The van der Waals surface area contributed by atoms with E-state index in [1.165, 1.54) is 13.0 Å². The Morgan fingerprint density at radius 1 is 1.40 bits per heavy atom. The molecular weight excluding hydrogens is 204 g/mol. The summed E-state index contributed by atoms with van der Waals surface area (Å²) in [4.78, 5) is 0. The molecule has 0 radical (unpaired) electrons. The SMILES string of the molecule is CC(N)(CO)COc1c(F)cccc1F. The Balaban J connectivity index is 2.73. The van der Waals surface area contributed by atoms with Gasteiger partial charge in [0.1, 0.15) is 6.61 Å². The summed E-state index contributed by atoms with van der Waals surface area (Å²) in [6.45, 7) is 1.02. The second-order valence-electron chi connectivity index (χ2n) is 3.65. The summed E-state index contributed by atoms with van der Waals surface area (Å²) in [5, 5.41) is 8.82. The molecule has 0 aliphatic carbocycles. The predicted octanol–water partition coefficient (Wildman–Crippen LogP) is 1.05. The highest BCUT2D eigenvalue weighted by Gasteiger charge is 2.20. The van der Waals surface area contributed by atoms with Crippen LogP contribution in [-0.4, -0.2) is 23.9 Å². The van der Waals surface area contributed by atoms with Crippen LogP contribution in [0.1, 0.15) is 6.92 Å². The first-order valence-corrected chi connectivity index (χ1v) is 4.43. The van der Waals surface area contributed by atoms with E-state index < -0.39 is 22.9 Å². The van der Waals surface area contributed by atoms with E-state index in [1.54, 1.807) is 0 Å². The fourth-order valence-corrected chi connectivity index (χ4v) is 0.903. The first-order chi connectivity index (χ1) is 6.96. The second kappa shape index (κ2) is 4.55. The molecule has 3 N–H and O–H groups in total. The zero-order valence-electron chi connectivity index (χ0n) is 8.34. The summed E-state index contributed by atoms with van der Waals surface area (Å²) < 4.78 is 31.0. The molecule has 0 fully saturated rings. The van der Waals surface area contributed by atoms with E-state index in [4.69, 9.17) is 15.6 Å². The minimum Gasteiger partial charge on any atom is -0.486 e. The highest BCUT2D eigenvalue weighted by molar-refractivity contribution is 5.26. The summed E-state index contributed by atoms with van der Waals surface area (Å²) in [5.41, 5.74) is 4.52. The standard InChI is InChI=1S/C10H13F2NO2/c1-10(13,5-14)6-15-9-7(11)3-2-4-8(9)12/h2-4,14H,5-6,13H2,1H3. The van der Waals surface area contributed by atoms with Gasteiger partial charge >= 0.3 is 0 Å². The van der Waals surface area contributed by atoms with Crippen LogP contribution in [0.4, 0.5) is 8.78 Å². The maximum Gasteiger partial charge on any atom is 0.190 e. The fourth-order valence-electron chi connectivity index (χ4n) is 0.903. The lowest BCUT2D eigenvalue weighted by molar-refractivity contribution is 0.140. The first kappa shape index (κ1) is 11.9.